The second-order valence-corrected chi connectivity index (χ2v) is 7.40. The van der Waals surface area contributed by atoms with Gasteiger partial charge >= 0.3 is 0 Å². The molecule has 0 bridgehead atoms. The number of imide groups is 1. The van der Waals surface area contributed by atoms with Crippen LogP contribution in [-0.2, 0) is 15.2 Å². The molecular weight excluding hydrogens is 374 g/mol. The highest BCUT2D eigenvalue weighted by Crippen LogP contribution is 2.29. The van der Waals surface area contributed by atoms with Crippen LogP contribution in [0.25, 0.3) is 0 Å². The predicted octanol–water partition coefficient (Wildman–Crippen LogP) is 3.98. The average molecular weight is 400 g/mol. The Morgan fingerprint density at radius 1 is 0.857 bits per heavy atom. The molecule has 0 fully saturated rings. The molecule has 0 spiro atoms. The van der Waals surface area contributed by atoms with Gasteiger partial charge in [0.05, 0.1) is 11.1 Å². The van der Waals surface area contributed by atoms with Crippen molar-refractivity contribution in [2.45, 2.75) is 31.9 Å². The fourth-order valence-corrected chi connectivity index (χ4v) is 4.35. The lowest BCUT2D eigenvalue weighted by Crippen LogP contribution is -2.50. The van der Waals surface area contributed by atoms with Crippen LogP contribution in [0.1, 0.15) is 40.1 Å². The maximum atomic E-state index is 13.0. The summed E-state index contributed by atoms with van der Waals surface area (Å²) in [5.41, 5.74) is 2.08. The van der Waals surface area contributed by atoms with Crippen LogP contribution in [0.2, 0.25) is 0 Å². The smallest absolute Gasteiger partial charge is 0.262 e. The number of ether oxygens (including phenoxy) is 2. The minimum atomic E-state index is -0.652. The first-order valence-corrected chi connectivity index (χ1v) is 10.6. The summed E-state index contributed by atoms with van der Waals surface area (Å²) < 4.78 is 11.5. The van der Waals surface area contributed by atoms with E-state index in [1.165, 1.54) is 10.5 Å². The predicted molar refractivity (Wildman–Crippen MR) is 110 cm³/mol. The summed E-state index contributed by atoms with van der Waals surface area (Å²) in [5.74, 6) is 0.752. The summed E-state index contributed by atoms with van der Waals surface area (Å²) in [6, 6.07) is 16.5. The first-order valence-electron chi connectivity index (χ1n) is 9.49. The number of nitrogens with zero attached hydrogens (tertiary/aromatic N) is 1. The first kappa shape index (κ1) is 20.6. The number of thioether (sulfide) groups is 1. The van der Waals surface area contributed by atoms with Crippen LogP contribution in [-0.4, -0.2) is 48.0 Å². The van der Waals surface area contributed by atoms with E-state index < -0.39 is 12.3 Å². The van der Waals surface area contributed by atoms with Crippen LogP contribution < -0.4 is 0 Å². The van der Waals surface area contributed by atoms with Gasteiger partial charge in [0.1, 0.15) is 6.04 Å². The molecule has 28 heavy (non-hydrogen) atoms. The van der Waals surface area contributed by atoms with Crippen LogP contribution >= 0.6 is 11.8 Å². The molecule has 5 nitrogen and oxygen atoms in total. The molecular formula is C22H25NO4S. The Balaban J connectivity index is 1.81. The minimum absolute atomic E-state index is 0.282. The molecule has 1 heterocycles. The largest absolute Gasteiger partial charge is 0.351 e. The number of carbonyl (C=O) groups excluding carboxylic acids is 2. The van der Waals surface area contributed by atoms with Gasteiger partial charge in [-0.1, -0.05) is 42.5 Å². The van der Waals surface area contributed by atoms with Gasteiger partial charge in [-0.3, -0.25) is 14.5 Å². The van der Waals surface area contributed by atoms with E-state index in [9.17, 15) is 9.59 Å². The Morgan fingerprint density at radius 3 is 1.93 bits per heavy atom. The van der Waals surface area contributed by atoms with Crippen LogP contribution in [0.4, 0.5) is 0 Å². The zero-order valence-electron chi connectivity index (χ0n) is 16.2. The number of benzene rings is 2. The molecule has 0 saturated carbocycles. The van der Waals surface area contributed by atoms with Crippen molar-refractivity contribution in [2.75, 3.05) is 19.0 Å². The van der Waals surface area contributed by atoms with Crippen LogP contribution in [0, 0.1) is 0 Å². The number of rotatable bonds is 10. The lowest BCUT2D eigenvalue weighted by Gasteiger charge is -2.32. The summed E-state index contributed by atoms with van der Waals surface area (Å²) in [7, 11) is 0. The van der Waals surface area contributed by atoms with Gasteiger partial charge in [-0.05, 0) is 31.5 Å². The minimum Gasteiger partial charge on any atom is -0.351 e. The second-order valence-electron chi connectivity index (χ2n) is 6.37. The van der Waals surface area contributed by atoms with Crippen molar-refractivity contribution in [2.24, 2.45) is 0 Å². The Bertz CT molecular complexity index is 770. The zero-order valence-corrected chi connectivity index (χ0v) is 17.0. The van der Waals surface area contributed by atoms with Gasteiger partial charge in [0.2, 0.25) is 0 Å². The molecule has 0 radical (unpaired) electrons. The fourth-order valence-electron chi connectivity index (χ4n) is 3.25. The van der Waals surface area contributed by atoms with E-state index >= 15 is 0 Å². The van der Waals surface area contributed by atoms with Gasteiger partial charge in [0.25, 0.3) is 11.8 Å². The third-order valence-corrected chi connectivity index (χ3v) is 5.65. The van der Waals surface area contributed by atoms with Crippen molar-refractivity contribution < 1.29 is 19.1 Å². The highest BCUT2D eigenvalue weighted by Gasteiger charge is 2.43. The quantitative estimate of drug-likeness (QED) is 0.447. The van der Waals surface area contributed by atoms with Crippen LogP contribution in [0.15, 0.2) is 54.6 Å². The highest BCUT2D eigenvalue weighted by atomic mass is 32.2. The first-order chi connectivity index (χ1) is 13.7. The van der Waals surface area contributed by atoms with Gasteiger partial charge in [-0.15, -0.1) is 0 Å². The number of carbonyl (C=O) groups is 2. The molecule has 0 aliphatic carbocycles. The lowest BCUT2D eigenvalue weighted by atomic mass is 10.1. The SMILES string of the molecule is CCOC(OCC)[C@@H](CSCc1ccccc1)N1C(=O)c2ccccc2C1=O. The zero-order chi connectivity index (χ0) is 19.9. The molecule has 2 aromatic carbocycles. The van der Waals surface area contributed by atoms with Crippen molar-refractivity contribution in [1.82, 2.24) is 4.90 Å². The average Bonchev–Trinajstić information content (AvgIpc) is 2.97. The molecule has 0 unspecified atom stereocenters. The molecule has 3 rings (SSSR count). The normalized spacial score (nSPS) is 14.6. The maximum Gasteiger partial charge on any atom is 0.262 e. The molecule has 2 amide bonds. The van der Waals surface area contributed by atoms with E-state index in [-0.39, 0.29) is 11.8 Å². The molecule has 0 N–H and O–H groups in total. The van der Waals surface area contributed by atoms with Crippen molar-refractivity contribution in [3.63, 3.8) is 0 Å². The molecule has 0 aromatic heterocycles. The number of hydrogen-bond donors (Lipinski definition) is 0. The number of fused-ring (bicyclic) bond motifs is 1. The van der Waals surface area contributed by atoms with Gasteiger partial charge in [0.15, 0.2) is 6.29 Å². The third-order valence-electron chi connectivity index (χ3n) is 4.53. The van der Waals surface area contributed by atoms with Crippen molar-refractivity contribution in [3.05, 3.63) is 71.3 Å². The van der Waals surface area contributed by atoms with E-state index in [1.807, 2.05) is 32.0 Å². The molecule has 2 aromatic rings. The molecule has 0 saturated heterocycles. The van der Waals surface area contributed by atoms with E-state index in [0.29, 0.717) is 30.1 Å². The van der Waals surface area contributed by atoms with E-state index in [0.717, 1.165) is 5.75 Å². The number of amides is 2. The van der Waals surface area contributed by atoms with Crippen LogP contribution in [0.5, 0.6) is 0 Å². The molecule has 148 valence electrons. The summed E-state index contributed by atoms with van der Waals surface area (Å²) in [5, 5.41) is 0. The Kier molecular flexibility index (Phi) is 7.25. The van der Waals surface area contributed by atoms with E-state index in [1.54, 1.807) is 36.0 Å². The Labute approximate surface area is 170 Å². The highest BCUT2D eigenvalue weighted by molar-refractivity contribution is 7.98. The van der Waals surface area contributed by atoms with Gasteiger partial charge in [-0.25, -0.2) is 0 Å². The monoisotopic (exact) mass is 399 g/mol. The fraction of sp³-hybridized carbons (Fsp3) is 0.364. The second kappa shape index (κ2) is 9.87. The maximum absolute atomic E-state index is 13.0. The molecule has 1 atom stereocenters. The molecule has 1 aliphatic rings. The van der Waals surface area contributed by atoms with Crippen molar-refractivity contribution in [3.8, 4) is 0 Å². The summed E-state index contributed by atoms with van der Waals surface area (Å²) in [4.78, 5) is 27.3. The standard InChI is InChI=1S/C22H25NO4S/c1-3-26-22(27-4-2)19(15-28-14-16-10-6-5-7-11-16)23-20(24)17-12-8-9-13-18(17)21(23)25/h5-13,19,22H,3-4,14-15H2,1-2H3/t19-/m1/s1. The van der Waals surface area contributed by atoms with Crippen LogP contribution in [0.3, 0.4) is 0 Å². The number of hydrogen-bond acceptors (Lipinski definition) is 5. The summed E-state index contributed by atoms with van der Waals surface area (Å²) in [6.45, 7) is 4.63. The van der Waals surface area contributed by atoms with Crippen molar-refractivity contribution in [1.29, 1.82) is 0 Å². The van der Waals surface area contributed by atoms with Gasteiger partial charge in [0, 0.05) is 24.7 Å². The van der Waals surface area contributed by atoms with Crippen molar-refractivity contribution >= 4 is 23.6 Å². The van der Waals surface area contributed by atoms with E-state index in [2.05, 4.69) is 12.1 Å². The molecule has 6 heteroatoms. The summed E-state index contributed by atoms with van der Waals surface area (Å²) >= 11 is 1.66. The third kappa shape index (κ3) is 4.46. The van der Waals surface area contributed by atoms with Gasteiger partial charge in [-0.2, -0.15) is 11.8 Å². The Hall–Kier alpha value is -2.15. The van der Waals surface area contributed by atoms with E-state index in [4.69, 9.17) is 9.47 Å². The lowest BCUT2D eigenvalue weighted by molar-refractivity contribution is -0.160. The topological polar surface area (TPSA) is 55.8 Å². The molecule has 1 aliphatic heterocycles. The summed E-state index contributed by atoms with van der Waals surface area (Å²) in [6.07, 6.45) is -0.652. The Morgan fingerprint density at radius 2 is 1.39 bits per heavy atom. The van der Waals surface area contributed by atoms with Gasteiger partial charge < -0.3 is 9.47 Å².